The van der Waals surface area contributed by atoms with Crippen LogP contribution < -0.4 is 9.64 Å². The molecule has 0 amide bonds. The standard InChI is InChI=1S/C23H28FNO5S2/c1-4-10-23(2)14-25(16-8-6-5-7-9-16)18-11-20(31-3)19(30-13-17(24)22(26)27)12-21(18)32(28,29)15-23/h5-9,11-13,28-29H,4,10,14-15H2,1-3H3,(H,26,27)/b17-13-. The molecule has 0 spiro atoms. The van der Waals surface area contributed by atoms with E-state index in [4.69, 9.17) is 9.84 Å². The molecule has 1 atom stereocenters. The van der Waals surface area contributed by atoms with E-state index in [0.717, 1.165) is 18.5 Å². The maximum Gasteiger partial charge on any atom is 0.368 e. The summed E-state index contributed by atoms with van der Waals surface area (Å²) >= 11 is 1.34. The summed E-state index contributed by atoms with van der Waals surface area (Å²) in [6.45, 7) is 4.72. The van der Waals surface area contributed by atoms with Crippen LogP contribution in [0.2, 0.25) is 0 Å². The highest BCUT2D eigenvalue weighted by molar-refractivity contribution is 8.24. The first-order chi connectivity index (χ1) is 15.1. The minimum Gasteiger partial charge on any atom is -0.476 e. The molecule has 1 unspecified atom stereocenters. The van der Waals surface area contributed by atoms with Crippen LogP contribution in [0.15, 0.2) is 64.3 Å². The lowest BCUT2D eigenvalue weighted by atomic mass is 9.87. The fraction of sp³-hybridized carbons (Fsp3) is 0.348. The van der Waals surface area contributed by atoms with Crippen LogP contribution in [0.4, 0.5) is 15.8 Å². The summed E-state index contributed by atoms with van der Waals surface area (Å²) in [4.78, 5) is 13.8. The molecule has 2 aromatic carbocycles. The number of hydrogen-bond donors (Lipinski definition) is 3. The number of carboxylic acids is 1. The Morgan fingerprint density at radius 2 is 2.00 bits per heavy atom. The minimum absolute atomic E-state index is 0.166. The molecule has 9 heteroatoms. The van der Waals surface area contributed by atoms with Gasteiger partial charge in [0.1, 0.15) is 12.0 Å². The summed E-state index contributed by atoms with van der Waals surface area (Å²) in [5.74, 6) is -2.83. The van der Waals surface area contributed by atoms with E-state index in [2.05, 4.69) is 18.7 Å². The van der Waals surface area contributed by atoms with Gasteiger partial charge >= 0.3 is 5.97 Å². The Labute approximate surface area is 193 Å². The van der Waals surface area contributed by atoms with Crippen molar-refractivity contribution >= 4 is 39.7 Å². The number of thioether (sulfide) groups is 1. The molecule has 1 heterocycles. The SMILES string of the molecule is CCCC1(C)CN(c2ccccc2)c2cc(SC)c(O/C=C(\F)C(=O)O)cc2S(O)(O)C1. The molecule has 174 valence electrons. The molecule has 3 N–H and O–H groups in total. The van der Waals surface area contributed by atoms with E-state index in [1.54, 1.807) is 6.07 Å². The van der Waals surface area contributed by atoms with E-state index < -0.39 is 22.4 Å². The summed E-state index contributed by atoms with van der Waals surface area (Å²) in [5, 5.41) is 8.76. The lowest BCUT2D eigenvalue weighted by Crippen LogP contribution is -2.35. The average Bonchev–Trinajstić information content (AvgIpc) is 2.83. The number of nitrogens with zero attached hydrogens (tertiary/aromatic N) is 1. The molecule has 1 aliphatic heterocycles. The van der Waals surface area contributed by atoms with Crippen molar-refractivity contribution in [3.8, 4) is 5.75 Å². The number of hydrogen-bond acceptors (Lipinski definition) is 6. The number of aliphatic carboxylic acids is 1. The molecule has 3 rings (SSSR count). The first-order valence-electron chi connectivity index (χ1n) is 10.2. The minimum atomic E-state index is -3.21. The highest BCUT2D eigenvalue weighted by Crippen LogP contribution is 2.61. The Hall–Kier alpha value is -2.20. The third kappa shape index (κ3) is 5.23. The van der Waals surface area contributed by atoms with Gasteiger partial charge in [-0.1, -0.05) is 38.5 Å². The number of para-hydroxylation sites is 1. The van der Waals surface area contributed by atoms with Gasteiger partial charge < -0.3 is 14.7 Å². The number of anilines is 2. The van der Waals surface area contributed by atoms with Crippen molar-refractivity contribution in [3.63, 3.8) is 0 Å². The highest BCUT2D eigenvalue weighted by Gasteiger charge is 2.40. The largest absolute Gasteiger partial charge is 0.476 e. The van der Waals surface area contributed by atoms with Gasteiger partial charge in [0, 0.05) is 29.5 Å². The third-order valence-electron chi connectivity index (χ3n) is 5.39. The molecule has 0 saturated carbocycles. The van der Waals surface area contributed by atoms with E-state index in [-0.39, 0.29) is 16.9 Å². The number of rotatable bonds is 7. The van der Waals surface area contributed by atoms with Crippen LogP contribution in [0.5, 0.6) is 5.75 Å². The monoisotopic (exact) mass is 481 g/mol. The van der Waals surface area contributed by atoms with Gasteiger partial charge in [0.2, 0.25) is 5.83 Å². The molecule has 2 aromatic rings. The van der Waals surface area contributed by atoms with Gasteiger partial charge in [-0.25, -0.2) is 4.79 Å². The van der Waals surface area contributed by atoms with E-state index in [0.29, 0.717) is 28.3 Å². The van der Waals surface area contributed by atoms with Gasteiger partial charge in [-0.3, -0.25) is 9.11 Å². The Morgan fingerprint density at radius 3 is 2.59 bits per heavy atom. The zero-order valence-corrected chi connectivity index (χ0v) is 19.9. The van der Waals surface area contributed by atoms with Crippen molar-refractivity contribution < 1.29 is 28.1 Å². The number of ether oxygens (including phenoxy) is 1. The van der Waals surface area contributed by atoms with E-state index in [1.807, 2.05) is 36.6 Å². The number of halogens is 1. The van der Waals surface area contributed by atoms with Crippen LogP contribution in [-0.2, 0) is 4.79 Å². The van der Waals surface area contributed by atoms with Crippen molar-refractivity contribution in [2.75, 3.05) is 23.5 Å². The van der Waals surface area contributed by atoms with Crippen LogP contribution in [0, 0.1) is 5.41 Å². The molecular formula is C23H28FNO5S2. The molecular weight excluding hydrogens is 453 g/mol. The number of benzene rings is 2. The maximum atomic E-state index is 13.5. The summed E-state index contributed by atoms with van der Waals surface area (Å²) in [7, 11) is -3.21. The number of carboxylic acid groups (broad SMARTS) is 1. The van der Waals surface area contributed by atoms with Crippen molar-refractivity contribution in [1.82, 2.24) is 0 Å². The fourth-order valence-corrected chi connectivity index (χ4v) is 6.79. The summed E-state index contributed by atoms with van der Waals surface area (Å²) in [6, 6.07) is 13.0. The molecule has 0 bridgehead atoms. The molecule has 0 aliphatic carbocycles. The van der Waals surface area contributed by atoms with Crippen LogP contribution in [-0.4, -0.2) is 38.7 Å². The van der Waals surface area contributed by atoms with Crippen LogP contribution >= 0.6 is 22.4 Å². The predicted molar refractivity (Wildman–Crippen MR) is 128 cm³/mol. The second kappa shape index (κ2) is 9.74. The number of carbonyl (C=O) groups is 1. The summed E-state index contributed by atoms with van der Waals surface area (Å²) in [6.07, 6.45) is 4.04. The van der Waals surface area contributed by atoms with Crippen molar-refractivity contribution in [2.24, 2.45) is 5.41 Å². The van der Waals surface area contributed by atoms with Crippen LogP contribution in [0.1, 0.15) is 26.7 Å². The van der Waals surface area contributed by atoms with Gasteiger partial charge in [0.25, 0.3) is 0 Å². The summed E-state index contributed by atoms with van der Waals surface area (Å²) < 4.78 is 41.3. The Bertz CT molecular complexity index is 1010. The zero-order chi connectivity index (χ0) is 23.5. The highest BCUT2D eigenvalue weighted by atomic mass is 32.3. The predicted octanol–water partition coefficient (Wildman–Crippen LogP) is 6.75. The molecule has 1 aliphatic rings. The zero-order valence-electron chi connectivity index (χ0n) is 18.2. The molecule has 0 aromatic heterocycles. The van der Waals surface area contributed by atoms with Gasteiger partial charge in [0.05, 0.1) is 15.5 Å². The Kier molecular flexibility index (Phi) is 7.44. The first kappa shape index (κ1) is 24.4. The van der Waals surface area contributed by atoms with E-state index in [9.17, 15) is 18.3 Å². The van der Waals surface area contributed by atoms with Gasteiger partial charge in [-0.15, -0.1) is 11.8 Å². The lowest BCUT2D eigenvalue weighted by Gasteiger charge is -2.39. The second-order valence-electron chi connectivity index (χ2n) is 8.15. The molecule has 0 saturated heterocycles. The Balaban J connectivity index is 2.20. The maximum absolute atomic E-state index is 13.5. The van der Waals surface area contributed by atoms with Gasteiger partial charge in [-0.2, -0.15) is 15.0 Å². The topological polar surface area (TPSA) is 90.2 Å². The lowest BCUT2D eigenvalue weighted by molar-refractivity contribution is -0.134. The average molecular weight is 482 g/mol. The quantitative estimate of drug-likeness (QED) is 0.229. The number of fused-ring (bicyclic) bond motifs is 1. The van der Waals surface area contributed by atoms with Crippen molar-refractivity contribution in [3.05, 3.63) is 54.6 Å². The third-order valence-corrected chi connectivity index (χ3v) is 8.28. The normalized spacial score (nSPS) is 21.4. The van der Waals surface area contributed by atoms with E-state index in [1.165, 1.54) is 17.8 Å². The molecule has 32 heavy (non-hydrogen) atoms. The molecule has 0 radical (unpaired) electrons. The summed E-state index contributed by atoms with van der Waals surface area (Å²) in [5.41, 5.74) is 1.21. The van der Waals surface area contributed by atoms with Crippen LogP contribution in [0.25, 0.3) is 0 Å². The smallest absolute Gasteiger partial charge is 0.368 e. The molecule has 6 nitrogen and oxygen atoms in total. The molecule has 0 fully saturated rings. The Morgan fingerprint density at radius 1 is 1.31 bits per heavy atom. The van der Waals surface area contributed by atoms with E-state index >= 15 is 0 Å². The van der Waals surface area contributed by atoms with Gasteiger partial charge in [-0.05, 0) is 30.9 Å². The van der Waals surface area contributed by atoms with Crippen LogP contribution in [0.3, 0.4) is 0 Å². The van der Waals surface area contributed by atoms with Crippen molar-refractivity contribution in [2.45, 2.75) is 36.5 Å². The second-order valence-corrected chi connectivity index (χ2v) is 11.1. The fourth-order valence-electron chi connectivity index (χ4n) is 4.09. The van der Waals surface area contributed by atoms with Crippen molar-refractivity contribution in [1.29, 1.82) is 0 Å². The van der Waals surface area contributed by atoms with Gasteiger partial charge in [0.15, 0.2) is 0 Å². The first-order valence-corrected chi connectivity index (χ1v) is 13.1.